The summed E-state index contributed by atoms with van der Waals surface area (Å²) in [5, 5.41) is 0. The zero-order valence-electron chi connectivity index (χ0n) is 8.56. The molecule has 0 atom stereocenters. The SMILES string of the molecule is CCCCCCC(=O)C#CCOC. The van der Waals surface area contributed by atoms with Gasteiger partial charge in [0, 0.05) is 13.5 Å². The van der Waals surface area contributed by atoms with Crippen molar-refractivity contribution in [3.05, 3.63) is 0 Å². The van der Waals surface area contributed by atoms with Crippen LogP contribution in [-0.2, 0) is 9.53 Å². The van der Waals surface area contributed by atoms with Gasteiger partial charge < -0.3 is 4.74 Å². The second-order valence-corrected chi connectivity index (χ2v) is 2.97. The minimum absolute atomic E-state index is 0.0353. The molecule has 0 aliphatic carbocycles. The summed E-state index contributed by atoms with van der Waals surface area (Å²) in [6.07, 6.45) is 5.10. The third-order valence-corrected chi connectivity index (χ3v) is 1.70. The fourth-order valence-corrected chi connectivity index (χ4v) is 0.982. The first kappa shape index (κ1) is 12.2. The van der Waals surface area contributed by atoms with Gasteiger partial charge in [0.1, 0.15) is 6.61 Å². The van der Waals surface area contributed by atoms with Crippen molar-refractivity contribution in [2.24, 2.45) is 0 Å². The molecular weight excluding hydrogens is 164 g/mol. The number of hydrogen-bond acceptors (Lipinski definition) is 2. The third kappa shape index (κ3) is 9.10. The van der Waals surface area contributed by atoms with Crippen molar-refractivity contribution in [3.63, 3.8) is 0 Å². The number of methoxy groups -OCH3 is 1. The number of ether oxygens (including phenoxy) is 1. The molecule has 0 aliphatic rings. The van der Waals surface area contributed by atoms with Gasteiger partial charge in [0.2, 0.25) is 5.78 Å². The second-order valence-electron chi connectivity index (χ2n) is 2.97. The van der Waals surface area contributed by atoms with E-state index in [2.05, 4.69) is 18.8 Å². The van der Waals surface area contributed by atoms with Crippen molar-refractivity contribution < 1.29 is 9.53 Å². The van der Waals surface area contributed by atoms with E-state index in [0.29, 0.717) is 13.0 Å². The van der Waals surface area contributed by atoms with Gasteiger partial charge in [0.05, 0.1) is 0 Å². The lowest BCUT2D eigenvalue weighted by Gasteiger charge is -1.93. The van der Waals surface area contributed by atoms with Crippen LogP contribution in [0.5, 0.6) is 0 Å². The molecule has 0 spiro atoms. The van der Waals surface area contributed by atoms with E-state index in [1.807, 2.05) is 0 Å². The van der Waals surface area contributed by atoms with E-state index in [-0.39, 0.29) is 5.78 Å². The Kier molecular flexibility index (Phi) is 8.70. The standard InChI is InChI=1S/C11H18O2/c1-3-4-5-6-8-11(12)9-7-10-13-2/h3-6,8,10H2,1-2H3. The third-order valence-electron chi connectivity index (χ3n) is 1.70. The lowest BCUT2D eigenvalue weighted by Crippen LogP contribution is -1.94. The number of unbranched alkanes of at least 4 members (excludes halogenated alkanes) is 3. The highest BCUT2D eigenvalue weighted by molar-refractivity contribution is 5.95. The van der Waals surface area contributed by atoms with Crippen molar-refractivity contribution in [2.75, 3.05) is 13.7 Å². The molecule has 0 saturated heterocycles. The van der Waals surface area contributed by atoms with Crippen molar-refractivity contribution in [1.29, 1.82) is 0 Å². The van der Waals surface area contributed by atoms with Crippen LogP contribution in [-0.4, -0.2) is 19.5 Å². The summed E-state index contributed by atoms with van der Waals surface area (Å²) in [4.78, 5) is 11.1. The van der Waals surface area contributed by atoms with Crippen LogP contribution in [0.2, 0.25) is 0 Å². The smallest absolute Gasteiger partial charge is 0.205 e. The molecule has 0 radical (unpaired) electrons. The van der Waals surface area contributed by atoms with E-state index in [9.17, 15) is 4.79 Å². The number of hydrogen-bond donors (Lipinski definition) is 0. The first-order chi connectivity index (χ1) is 6.31. The van der Waals surface area contributed by atoms with E-state index >= 15 is 0 Å². The Bertz CT molecular complexity index is 186. The molecule has 0 unspecified atom stereocenters. The number of carbonyl (C=O) groups is 1. The molecule has 13 heavy (non-hydrogen) atoms. The minimum Gasteiger partial charge on any atom is -0.372 e. The van der Waals surface area contributed by atoms with Crippen molar-refractivity contribution in [2.45, 2.75) is 39.0 Å². The summed E-state index contributed by atoms with van der Waals surface area (Å²) in [5.41, 5.74) is 0. The van der Waals surface area contributed by atoms with Crippen LogP contribution < -0.4 is 0 Å². The van der Waals surface area contributed by atoms with Crippen molar-refractivity contribution in [3.8, 4) is 11.8 Å². The number of ketones is 1. The molecule has 2 nitrogen and oxygen atoms in total. The summed E-state index contributed by atoms with van der Waals surface area (Å²) in [7, 11) is 1.57. The Balaban J connectivity index is 3.36. The Hall–Kier alpha value is -0.810. The van der Waals surface area contributed by atoms with Gasteiger partial charge in [0.25, 0.3) is 0 Å². The topological polar surface area (TPSA) is 26.3 Å². The van der Waals surface area contributed by atoms with E-state index in [1.165, 1.54) is 12.8 Å². The lowest BCUT2D eigenvalue weighted by atomic mass is 10.1. The first-order valence-electron chi connectivity index (χ1n) is 4.82. The van der Waals surface area contributed by atoms with Crippen LogP contribution in [0.3, 0.4) is 0 Å². The minimum atomic E-state index is 0.0353. The maximum atomic E-state index is 11.1. The summed E-state index contributed by atoms with van der Waals surface area (Å²) in [5.74, 6) is 5.24. The predicted octanol–water partition coefficient (Wildman–Crippen LogP) is 2.18. The number of rotatable bonds is 6. The summed E-state index contributed by atoms with van der Waals surface area (Å²) in [6.45, 7) is 2.50. The van der Waals surface area contributed by atoms with E-state index < -0.39 is 0 Å². The molecule has 2 heteroatoms. The number of carbonyl (C=O) groups excluding carboxylic acids is 1. The quantitative estimate of drug-likeness (QED) is 0.357. The van der Waals surface area contributed by atoms with Crippen molar-refractivity contribution >= 4 is 5.78 Å². The molecule has 74 valence electrons. The van der Waals surface area contributed by atoms with Crippen LogP contribution >= 0.6 is 0 Å². The Morgan fingerprint density at radius 1 is 1.31 bits per heavy atom. The Labute approximate surface area is 80.7 Å². The fourth-order valence-electron chi connectivity index (χ4n) is 0.982. The molecule has 0 aromatic heterocycles. The molecule has 0 aliphatic heterocycles. The van der Waals surface area contributed by atoms with E-state index in [4.69, 9.17) is 4.74 Å². The molecule has 0 bridgehead atoms. The highest BCUT2D eigenvalue weighted by Crippen LogP contribution is 2.02. The molecule has 0 heterocycles. The van der Waals surface area contributed by atoms with Gasteiger partial charge in [-0.3, -0.25) is 4.79 Å². The predicted molar refractivity (Wildman–Crippen MR) is 53.4 cm³/mol. The monoisotopic (exact) mass is 182 g/mol. The van der Waals surface area contributed by atoms with Crippen LogP contribution in [0.1, 0.15) is 39.0 Å². The van der Waals surface area contributed by atoms with Crippen LogP contribution in [0.25, 0.3) is 0 Å². The molecule has 0 amide bonds. The largest absolute Gasteiger partial charge is 0.372 e. The maximum absolute atomic E-state index is 11.1. The highest BCUT2D eigenvalue weighted by atomic mass is 16.5. The normalized spacial score (nSPS) is 9.08. The maximum Gasteiger partial charge on any atom is 0.205 e. The van der Waals surface area contributed by atoms with Gasteiger partial charge >= 0.3 is 0 Å². The van der Waals surface area contributed by atoms with E-state index in [1.54, 1.807) is 7.11 Å². The van der Waals surface area contributed by atoms with Crippen LogP contribution in [0.4, 0.5) is 0 Å². The first-order valence-corrected chi connectivity index (χ1v) is 4.82. The molecule has 0 saturated carbocycles. The zero-order valence-corrected chi connectivity index (χ0v) is 8.56. The van der Waals surface area contributed by atoms with Gasteiger partial charge in [-0.1, -0.05) is 32.1 Å². The fraction of sp³-hybridized carbons (Fsp3) is 0.727. The molecule has 0 aromatic carbocycles. The molecule has 0 N–H and O–H groups in total. The van der Waals surface area contributed by atoms with Crippen LogP contribution in [0, 0.1) is 11.8 Å². The van der Waals surface area contributed by atoms with Gasteiger partial charge in [-0.15, -0.1) is 0 Å². The summed E-state index contributed by atoms with van der Waals surface area (Å²) < 4.78 is 4.71. The average Bonchev–Trinajstić information content (AvgIpc) is 2.13. The Morgan fingerprint density at radius 2 is 2.08 bits per heavy atom. The van der Waals surface area contributed by atoms with Gasteiger partial charge in [-0.25, -0.2) is 0 Å². The lowest BCUT2D eigenvalue weighted by molar-refractivity contribution is -0.113. The summed E-state index contributed by atoms with van der Waals surface area (Å²) in [6, 6.07) is 0. The van der Waals surface area contributed by atoms with Gasteiger partial charge in [-0.05, 0) is 12.3 Å². The molecule has 0 fully saturated rings. The second kappa shape index (κ2) is 9.28. The molecule has 0 aromatic rings. The van der Waals surface area contributed by atoms with Crippen LogP contribution in [0.15, 0.2) is 0 Å². The summed E-state index contributed by atoms with van der Waals surface area (Å²) >= 11 is 0. The van der Waals surface area contributed by atoms with E-state index in [0.717, 1.165) is 12.8 Å². The van der Waals surface area contributed by atoms with Crippen molar-refractivity contribution in [1.82, 2.24) is 0 Å². The highest BCUT2D eigenvalue weighted by Gasteiger charge is 1.95. The Morgan fingerprint density at radius 3 is 2.69 bits per heavy atom. The molecular formula is C11H18O2. The average molecular weight is 182 g/mol. The van der Waals surface area contributed by atoms with Gasteiger partial charge in [-0.2, -0.15) is 0 Å². The number of Topliss-reactive ketones (excluding diaryl/α,β-unsaturated/α-hetero) is 1. The van der Waals surface area contributed by atoms with Gasteiger partial charge in [0.15, 0.2) is 0 Å². The molecule has 0 rings (SSSR count). The zero-order chi connectivity index (χ0) is 9.94.